The van der Waals surface area contributed by atoms with E-state index in [1.165, 1.54) is 0 Å². The van der Waals surface area contributed by atoms with Crippen molar-refractivity contribution in [3.8, 4) is 0 Å². The predicted molar refractivity (Wildman–Crippen MR) is 68.5 cm³/mol. The molecule has 4 nitrogen and oxygen atoms in total. The Morgan fingerprint density at radius 1 is 1.44 bits per heavy atom. The van der Waals surface area contributed by atoms with Gasteiger partial charge in [-0.1, -0.05) is 17.7 Å². The number of aliphatic hydroxyl groups excluding tert-OH is 1. The summed E-state index contributed by atoms with van der Waals surface area (Å²) in [5.74, 6) is 0.00394. The Morgan fingerprint density at radius 2 is 2.11 bits per heavy atom. The van der Waals surface area contributed by atoms with Gasteiger partial charge in [-0.25, -0.2) is 0 Å². The van der Waals surface area contributed by atoms with E-state index in [2.05, 4.69) is 0 Å². The van der Waals surface area contributed by atoms with E-state index in [1.807, 2.05) is 38.1 Å². The van der Waals surface area contributed by atoms with Crippen LogP contribution >= 0.6 is 0 Å². The van der Waals surface area contributed by atoms with E-state index in [0.29, 0.717) is 18.7 Å². The van der Waals surface area contributed by atoms with E-state index in [-0.39, 0.29) is 24.7 Å². The molecule has 1 saturated heterocycles. The Hall–Kier alpha value is -1.39. The molecule has 1 aromatic rings. The number of hydrogen-bond acceptors (Lipinski definition) is 3. The van der Waals surface area contributed by atoms with Crippen molar-refractivity contribution in [2.75, 3.05) is 19.8 Å². The van der Waals surface area contributed by atoms with Gasteiger partial charge in [0.2, 0.25) is 0 Å². The highest BCUT2D eigenvalue weighted by Crippen LogP contribution is 2.16. The highest BCUT2D eigenvalue weighted by Gasteiger charge is 2.29. The fraction of sp³-hybridized carbons (Fsp3) is 0.500. The van der Waals surface area contributed by atoms with Crippen LogP contribution in [0.3, 0.4) is 0 Å². The molecule has 2 unspecified atom stereocenters. The normalized spacial score (nSPS) is 24.1. The number of amides is 1. The SMILES string of the molecule is Cc1ccc(C(=O)N2CC(CO)OCC2C)cc1. The maximum Gasteiger partial charge on any atom is 0.254 e. The van der Waals surface area contributed by atoms with Crippen LogP contribution in [-0.4, -0.2) is 47.8 Å². The number of hydrogen-bond donors (Lipinski definition) is 1. The second kappa shape index (κ2) is 5.50. The predicted octanol–water partition coefficient (Wildman–Crippen LogP) is 1.22. The standard InChI is InChI=1S/C14H19NO3/c1-10-3-5-12(6-4-10)14(17)15-7-13(8-16)18-9-11(15)2/h3-6,11,13,16H,7-9H2,1-2H3. The molecule has 0 spiro atoms. The third-order valence-corrected chi connectivity index (χ3v) is 3.27. The van der Waals surface area contributed by atoms with Crippen LogP contribution in [0, 0.1) is 6.92 Å². The first-order valence-electron chi connectivity index (χ1n) is 6.22. The lowest BCUT2D eigenvalue weighted by Gasteiger charge is -2.37. The number of carbonyl (C=O) groups excluding carboxylic acids is 1. The third-order valence-electron chi connectivity index (χ3n) is 3.27. The molecule has 0 bridgehead atoms. The lowest BCUT2D eigenvalue weighted by molar-refractivity contribution is -0.0667. The molecular weight excluding hydrogens is 230 g/mol. The number of morpholine rings is 1. The molecule has 18 heavy (non-hydrogen) atoms. The van der Waals surface area contributed by atoms with Gasteiger partial charge in [0.1, 0.15) is 0 Å². The fourth-order valence-corrected chi connectivity index (χ4v) is 2.07. The first-order valence-corrected chi connectivity index (χ1v) is 6.22. The Labute approximate surface area is 107 Å². The summed E-state index contributed by atoms with van der Waals surface area (Å²) in [4.78, 5) is 14.1. The maximum atomic E-state index is 12.4. The average Bonchev–Trinajstić information content (AvgIpc) is 2.39. The Morgan fingerprint density at radius 3 is 2.72 bits per heavy atom. The summed E-state index contributed by atoms with van der Waals surface area (Å²) in [6.07, 6.45) is -0.268. The van der Waals surface area contributed by atoms with Crippen LogP contribution in [0.1, 0.15) is 22.8 Å². The van der Waals surface area contributed by atoms with Crippen LogP contribution < -0.4 is 0 Å². The average molecular weight is 249 g/mol. The Bertz CT molecular complexity index is 416. The van der Waals surface area contributed by atoms with Crippen molar-refractivity contribution in [1.29, 1.82) is 0 Å². The lowest BCUT2D eigenvalue weighted by atomic mass is 10.1. The summed E-state index contributed by atoms with van der Waals surface area (Å²) >= 11 is 0. The molecule has 1 aromatic carbocycles. The second-order valence-corrected chi connectivity index (χ2v) is 4.81. The van der Waals surface area contributed by atoms with Crippen LogP contribution in [0.5, 0.6) is 0 Å². The zero-order valence-corrected chi connectivity index (χ0v) is 10.8. The number of nitrogens with zero attached hydrogens (tertiary/aromatic N) is 1. The summed E-state index contributed by atoms with van der Waals surface area (Å²) in [5.41, 5.74) is 1.82. The molecule has 0 aromatic heterocycles. The van der Waals surface area contributed by atoms with E-state index >= 15 is 0 Å². The van der Waals surface area contributed by atoms with Crippen LogP contribution in [0.4, 0.5) is 0 Å². The summed E-state index contributed by atoms with van der Waals surface area (Å²) in [5, 5.41) is 9.12. The molecule has 0 radical (unpaired) electrons. The van der Waals surface area contributed by atoms with Gasteiger partial charge in [0.15, 0.2) is 0 Å². The first-order chi connectivity index (χ1) is 8.61. The first kappa shape index (κ1) is 13.1. The van der Waals surface area contributed by atoms with E-state index in [0.717, 1.165) is 5.56 Å². The number of aryl methyl sites for hydroxylation is 1. The summed E-state index contributed by atoms with van der Waals surface area (Å²) in [7, 11) is 0. The van der Waals surface area contributed by atoms with Gasteiger partial charge in [0.25, 0.3) is 5.91 Å². The minimum absolute atomic E-state index is 0.00394. The van der Waals surface area contributed by atoms with Crippen LogP contribution in [0.25, 0.3) is 0 Å². The van der Waals surface area contributed by atoms with Gasteiger partial charge in [0, 0.05) is 12.1 Å². The molecule has 1 fully saturated rings. The van der Waals surface area contributed by atoms with Gasteiger partial charge >= 0.3 is 0 Å². The largest absolute Gasteiger partial charge is 0.394 e. The molecule has 0 saturated carbocycles. The molecule has 1 aliphatic heterocycles. The van der Waals surface area contributed by atoms with Gasteiger partial charge < -0.3 is 14.7 Å². The molecule has 2 atom stereocenters. The maximum absolute atomic E-state index is 12.4. The second-order valence-electron chi connectivity index (χ2n) is 4.81. The minimum Gasteiger partial charge on any atom is -0.394 e. The minimum atomic E-state index is -0.268. The number of rotatable bonds is 2. The zero-order valence-electron chi connectivity index (χ0n) is 10.8. The Kier molecular flexibility index (Phi) is 3.99. The van der Waals surface area contributed by atoms with Crippen molar-refractivity contribution in [3.63, 3.8) is 0 Å². The van der Waals surface area contributed by atoms with E-state index in [1.54, 1.807) is 4.90 Å². The van der Waals surface area contributed by atoms with Crippen molar-refractivity contribution in [2.45, 2.75) is 26.0 Å². The van der Waals surface area contributed by atoms with Gasteiger partial charge in [-0.2, -0.15) is 0 Å². The molecule has 98 valence electrons. The van der Waals surface area contributed by atoms with Crippen molar-refractivity contribution in [3.05, 3.63) is 35.4 Å². The number of ether oxygens (including phenoxy) is 1. The molecule has 1 N–H and O–H groups in total. The van der Waals surface area contributed by atoms with Gasteiger partial charge in [-0.05, 0) is 26.0 Å². The monoisotopic (exact) mass is 249 g/mol. The van der Waals surface area contributed by atoms with Crippen LogP contribution in [-0.2, 0) is 4.74 Å². The number of aliphatic hydroxyl groups is 1. The quantitative estimate of drug-likeness (QED) is 0.857. The zero-order chi connectivity index (χ0) is 13.1. The van der Waals surface area contributed by atoms with E-state index in [4.69, 9.17) is 9.84 Å². The topological polar surface area (TPSA) is 49.8 Å². The molecule has 4 heteroatoms. The lowest BCUT2D eigenvalue weighted by Crippen LogP contribution is -2.52. The molecule has 2 rings (SSSR count). The summed E-state index contributed by atoms with van der Waals surface area (Å²) in [6.45, 7) is 4.82. The van der Waals surface area contributed by atoms with Gasteiger partial charge in [-0.15, -0.1) is 0 Å². The molecule has 0 aliphatic carbocycles. The third kappa shape index (κ3) is 2.71. The highest BCUT2D eigenvalue weighted by molar-refractivity contribution is 5.94. The van der Waals surface area contributed by atoms with Crippen molar-refractivity contribution < 1.29 is 14.6 Å². The number of benzene rings is 1. The fourth-order valence-electron chi connectivity index (χ4n) is 2.07. The van der Waals surface area contributed by atoms with Crippen molar-refractivity contribution in [1.82, 2.24) is 4.90 Å². The van der Waals surface area contributed by atoms with Gasteiger partial charge in [0.05, 0.1) is 25.4 Å². The van der Waals surface area contributed by atoms with E-state index in [9.17, 15) is 4.79 Å². The number of carbonyl (C=O) groups is 1. The highest BCUT2D eigenvalue weighted by atomic mass is 16.5. The molecule has 1 amide bonds. The van der Waals surface area contributed by atoms with Crippen molar-refractivity contribution in [2.24, 2.45) is 0 Å². The summed E-state index contributed by atoms with van der Waals surface area (Å²) < 4.78 is 5.43. The summed E-state index contributed by atoms with van der Waals surface area (Å²) in [6, 6.07) is 7.59. The Balaban J connectivity index is 2.13. The molecular formula is C14H19NO3. The van der Waals surface area contributed by atoms with Crippen LogP contribution in [0.2, 0.25) is 0 Å². The van der Waals surface area contributed by atoms with Crippen molar-refractivity contribution >= 4 is 5.91 Å². The van der Waals surface area contributed by atoms with Crippen LogP contribution in [0.15, 0.2) is 24.3 Å². The molecule has 1 aliphatic rings. The van der Waals surface area contributed by atoms with Gasteiger partial charge in [-0.3, -0.25) is 4.79 Å². The smallest absolute Gasteiger partial charge is 0.254 e. The molecule has 1 heterocycles. The van der Waals surface area contributed by atoms with E-state index < -0.39 is 0 Å².